The van der Waals surface area contributed by atoms with E-state index in [4.69, 9.17) is 9.84 Å². The third-order valence-electron chi connectivity index (χ3n) is 4.66. The lowest BCUT2D eigenvalue weighted by Gasteiger charge is -2.09. The number of para-hydroxylation sites is 2. The third-order valence-corrected chi connectivity index (χ3v) is 4.66. The highest BCUT2D eigenvalue weighted by Crippen LogP contribution is 2.28. The monoisotopic (exact) mass is 409 g/mol. The normalized spacial score (nSPS) is 11.0. The quantitative estimate of drug-likeness (QED) is 0.320. The van der Waals surface area contributed by atoms with Crippen molar-refractivity contribution in [1.29, 1.82) is 0 Å². The molecule has 0 unspecified atom stereocenters. The van der Waals surface area contributed by atoms with Crippen molar-refractivity contribution in [1.82, 2.24) is 4.98 Å². The van der Waals surface area contributed by atoms with Gasteiger partial charge in [0, 0.05) is 16.5 Å². The second kappa shape index (κ2) is 9.05. The highest BCUT2D eigenvalue weighted by atomic mass is 16.5. The van der Waals surface area contributed by atoms with Crippen molar-refractivity contribution in [3.8, 4) is 11.6 Å². The number of carbonyl (C=O) groups excluding carboxylic acids is 1. The predicted molar refractivity (Wildman–Crippen MR) is 119 cm³/mol. The molecule has 0 amide bonds. The van der Waals surface area contributed by atoms with E-state index < -0.39 is 5.97 Å². The first-order chi connectivity index (χ1) is 15.1. The van der Waals surface area contributed by atoms with Gasteiger partial charge in [-0.05, 0) is 48.0 Å². The fraction of sp³-hybridized carbons (Fsp3) is 0.0385. The van der Waals surface area contributed by atoms with Crippen molar-refractivity contribution in [2.24, 2.45) is 0 Å². The van der Waals surface area contributed by atoms with Crippen molar-refractivity contribution in [2.75, 3.05) is 0 Å². The lowest BCUT2D eigenvalue weighted by atomic mass is 10.0. The number of carboxylic acids is 1. The first-order valence-electron chi connectivity index (χ1n) is 9.74. The Balaban J connectivity index is 1.66. The Morgan fingerprint density at radius 1 is 0.903 bits per heavy atom. The molecule has 0 spiro atoms. The number of ether oxygens (including phenoxy) is 1. The molecule has 0 atom stereocenters. The van der Waals surface area contributed by atoms with Gasteiger partial charge in [-0.3, -0.25) is 9.59 Å². The van der Waals surface area contributed by atoms with Crippen molar-refractivity contribution >= 4 is 28.7 Å². The maximum Gasteiger partial charge on any atom is 0.307 e. The number of carboxylic acid groups (broad SMARTS) is 1. The molecule has 5 heteroatoms. The number of aromatic nitrogens is 1. The van der Waals surface area contributed by atoms with E-state index in [2.05, 4.69) is 4.98 Å². The van der Waals surface area contributed by atoms with E-state index in [1.165, 1.54) is 6.08 Å². The van der Waals surface area contributed by atoms with E-state index in [-0.39, 0.29) is 12.2 Å². The zero-order valence-electron chi connectivity index (χ0n) is 16.6. The highest BCUT2D eigenvalue weighted by Gasteiger charge is 2.10. The Morgan fingerprint density at radius 2 is 1.68 bits per heavy atom. The number of nitrogens with zero attached hydrogens (tertiary/aromatic N) is 1. The van der Waals surface area contributed by atoms with Gasteiger partial charge in [0.05, 0.1) is 11.9 Å². The van der Waals surface area contributed by atoms with E-state index >= 15 is 0 Å². The van der Waals surface area contributed by atoms with Crippen LogP contribution < -0.4 is 4.74 Å². The number of ketones is 1. The van der Waals surface area contributed by atoms with Gasteiger partial charge in [0.1, 0.15) is 5.75 Å². The van der Waals surface area contributed by atoms with Gasteiger partial charge in [0.2, 0.25) is 5.88 Å². The third kappa shape index (κ3) is 5.03. The van der Waals surface area contributed by atoms with E-state index in [1.807, 2.05) is 60.7 Å². The van der Waals surface area contributed by atoms with Gasteiger partial charge in [-0.2, -0.15) is 0 Å². The van der Waals surface area contributed by atoms with Crippen LogP contribution in [0.3, 0.4) is 0 Å². The van der Waals surface area contributed by atoms with E-state index in [1.54, 1.807) is 30.3 Å². The van der Waals surface area contributed by atoms with Crippen LogP contribution in [0.4, 0.5) is 0 Å². The highest BCUT2D eigenvalue weighted by molar-refractivity contribution is 6.07. The first-order valence-corrected chi connectivity index (χ1v) is 9.74. The standard InChI is InChI=1S/C26H19NO4/c28-24(20-9-6-7-18(15-20)16-25(29)30)14-13-21-17-19-8-4-5-12-23(19)27-26(21)31-22-10-2-1-3-11-22/h1-15,17H,16H2,(H,29,30). The second-order valence-electron chi connectivity index (χ2n) is 6.96. The smallest absolute Gasteiger partial charge is 0.307 e. The molecule has 0 radical (unpaired) electrons. The van der Waals surface area contributed by atoms with Crippen molar-refractivity contribution in [2.45, 2.75) is 6.42 Å². The SMILES string of the molecule is O=C(O)Cc1cccc(C(=O)C=Cc2cc3ccccc3nc2Oc2ccccc2)c1. The number of allylic oxidation sites excluding steroid dienone is 1. The molecule has 0 fully saturated rings. The number of rotatable bonds is 7. The van der Waals surface area contributed by atoms with E-state index in [0.717, 1.165) is 10.9 Å². The molecule has 5 nitrogen and oxygen atoms in total. The number of aliphatic carboxylic acids is 1. The molecule has 4 rings (SSSR count). The molecule has 152 valence electrons. The minimum atomic E-state index is -0.940. The summed E-state index contributed by atoms with van der Waals surface area (Å²) in [5.74, 6) is -0.127. The number of carbonyl (C=O) groups is 2. The summed E-state index contributed by atoms with van der Waals surface area (Å²) >= 11 is 0. The number of fused-ring (bicyclic) bond motifs is 1. The van der Waals surface area contributed by atoms with Crippen LogP contribution in [-0.4, -0.2) is 21.8 Å². The Labute approximate surface area is 179 Å². The lowest BCUT2D eigenvalue weighted by molar-refractivity contribution is -0.136. The molecule has 0 aliphatic heterocycles. The Hall–Kier alpha value is -4.25. The molecule has 0 aliphatic rings. The van der Waals surface area contributed by atoms with E-state index in [9.17, 15) is 9.59 Å². The fourth-order valence-corrected chi connectivity index (χ4v) is 3.19. The van der Waals surface area contributed by atoms with Crippen LogP contribution in [0.2, 0.25) is 0 Å². The lowest BCUT2D eigenvalue weighted by Crippen LogP contribution is -2.02. The first kappa shape index (κ1) is 20.0. The van der Waals surface area contributed by atoms with Crippen LogP contribution in [0.1, 0.15) is 21.5 Å². The molecular weight excluding hydrogens is 390 g/mol. The second-order valence-corrected chi connectivity index (χ2v) is 6.96. The fourth-order valence-electron chi connectivity index (χ4n) is 3.19. The summed E-state index contributed by atoms with van der Waals surface area (Å²) in [6, 6.07) is 25.6. The van der Waals surface area contributed by atoms with Crippen LogP contribution in [0.15, 0.2) is 91.0 Å². The zero-order valence-corrected chi connectivity index (χ0v) is 16.6. The molecular formula is C26H19NO4. The van der Waals surface area contributed by atoms with Gasteiger partial charge in [-0.1, -0.05) is 54.6 Å². The molecule has 0 saturated carbocycles. The Kier molecular flexibility index (Phi) is 5.85. The van der Waals surface area contributed by atoms with Crippen molar-refractivity contribution in [3.63, 3.8) is 0 Å². The average molecular weight is 409 g/mol. The van der Waals surface area contributed by atoms with Gasteiger partial charge in [-0.15, -0.1) is 0 Å². The zero-order chi connectivity index (χ0) is 21.6. The number of hydrogen-bond acceptors (Lipinski definition) is 4. The van der Waals surface area contributed by atoms with Crippen molar-refractivity contribution in [3.05, 3.63) is 108 Å². The largest absolute Gasteiger partial charge is 0.481 e. The minimum absolute atomic E-state index is 0.130. The topological polar surface area (TPSA) is 76.5 Å². The maximum atomic E-state index is 12.7. The minimum Gasteiger partial charge on any atom is -0.481 e. The summed E-state index contributed by atoms with van der Waals surface area (Å²) < 4.78 is 5.98. The molecule has 1 N–H and O–H groups in total. The molecule has 0 aliphatic carbocycles. The summed E-state index contributed by atoms with van der Waals surface area (Å²) in [5.41, 5.74) is 2.46. The number of pyridine rings is 1. The van der Waals surface area contributed by atoms with Crippen LogP contribution in [-0.2, 0) is 11.2 Å². The predicted octanol–water partition coefficient (Wildman–Crippen LogP) is 5.55. The van der Waals surface area contributed by atoms with E-state index in [0.29, 0.717) is 28.3 Å². The van der Waals surface area contributed by atoms with Crippen LogP contribution in [0, 0.1) is 0 Å². The Morgan fingerprint density at radius 3 is 2.48 bits per heavy atom. The molecule has 0 saturated heterocycles. The maximum absolute atomic E-state index is 12.7. The van der Waals surface area contributed by atoms with Gasteiger partial charge in [-0.25, -0.2) is 4.98 Å². The van der Waals surface area contributed by atoms with Gasteiger partial charge in [0.15, 0.2) is 5.78 Å². The van der Waals surface area contributed by atoms with Gasteiger partial charge < -0.3 is 9.84 Å². The summed E-state index contributed by atoms with van der Waals surface area (Å²) in [5, 5.41) is 9.90. The van der Waals surface area contributed by atoms with Crippen LogP contribution >= 0.6 is 0 Å². The molecule has 1 aromatic heterocycles. The Bertz CT molecular complexity index is 1280. The van der Waals surface area contributed by atoms with Gasteiger partial charge >= 0.3 is 5.97 Å². The van der Waals surface area contributed by atoms with Crippen molar-refractivity contribution < 1.29 is 19.4 Å². The van der Waals surface area contributed by atoms with Crippen LogP contribution in [0.5, 0.6) is 11.6 Å². The molecule has 0 bridgehead atoms. The number of benzene rings is 3. The molecule has 1 heterocycles. The molecule has 3 aromatic carbocycles. The molecule has 4 aromatic rings. The summed E-state index contributed by atoms with van der Waals surface area (Å²) in [7, 11) is 0. The molecule has 31 heavy (non-hydrogen) atoms. The summed E-state index contributed by atoms with van der Waals surface area (Å²) in [6.07, 6.45) is 2.99. The van der Waals surface area contributed by atoms with Crippen LogP contribution in [0.25, 0.3) is 17.0 Å². The summed E-state index contributed by atoms with van der Waals surface area (Å²) in [6.45, 7) is 0. The van der Waals surface area contributed by atoms with Gasteiger partial charge in [0.25, 0.3) is 0 Å². The average Bonchev–Trinajstić information content (AvgIpc) is 2.78. The summed E-state index contributed by atoms with van der Waals surface area (Å²) in [4.78, 5) is 28.2. The number of hydrogen-bond donors (Lipinski definition) is 1.